The Bertz CT molecular complexity index is 324. The zero-order valence-corrected chi connectivity index (χ0v) is 10.6. The number of carbonyl (C=O) groups excluding carboxylic acids is 1. The number of likely N-dealkylation sites (tertiary alicyclic amines) is 1. The van der Waals surface area contributed by atoms with Crippen molar-refractivity contribution in [1.29, 1.82) is 0 Å². The van der Waals surface area contributed by atoms with Gasteiger partial charge in [0.1, 0.15) is 0 Å². The van der Waals surface area contributed by atoms with Crippen molar-refractivity contribution in [3.05, 3.63) is 0 Å². The van der Waals surface area contributed by atoms with Gasteiger partial charge in [0.15, 0.2) is 0 Å². The number of halogens is 2. The van der Waals surface area contributed by atoms with Crippen molar-refractivity contribution in [3.63, 3.8) is 0 Å². The molecule has 0 aromatic rings. The molecule has 5 heteroatoms. The van der Waals surface area contributed by atoms with Crippen molar-refractivity contribution in [2.75, 3.05) is 26.2 Å². The summed E-state index contributed by atoms with van der Waals surface area (Å²) in [5, 5.41) is 2.73. The Morgan fingerprint density at radius 1 is 1.24 bits per heavy atom. The van der Waals surface area contributed by atoms with Gasteiger partial charge in [-0.1, -0.05) is 20.8 Å². The molecule has 0 aromatic heterocycles. The van der Waals surface area contributed by atoms with Crippen LogP contribution in [-0.2, 0) is 4.79 Å². The largest absolute Gasteiger partial charge is 0.341 e. The number of amides is 1. The Kier molecular flexibility index (Phi) is 2.92. The molecule has 17 heavy (non-hydrogen) atoms. The average Bonchev–Trinajstić information content (AvgIpc) is 2.49. The van der Waals surface area contributed by atoms with E-state index in [1.807, 2.05) is 20.8 Å². The number of hydrogen-bond donors (Lipinski definition) is 1. The molecular weight excluding hydrogens is 226 g/mol. The molecule has 98 valence electrons. The van der Waals surface area contributed by atoms with Crippen LogP contribution in [0.1, 0.15) is 20.8 Å². The highest BCUT2D eigenvalue weighted by molar-refractivity contribution is 5.79. The molecule has 1 unspecified atom stereocenters. The third-order valence-corrected chi connectivity index (χ3v) is 4.27. The summed E-state index contributed by atoms with van der Waals surface area (Å²) in [5.74, 6) is -2.50. The number of nitrogens with zero attached hydrogens (tertiary/aromatic N) is 1. The van der Waals surface area contributed by atoms with Crippen LogP contribution in [0.2, 0.25) is 0 Å². The number of alkyl halides is 2. The van der Waals surface area contributed by atoms with E-state index in [9.17, 15) is 13.6 Å². The van der Waals surface area contributed by atoms with Crippen LogP contribution in [0.3, 0.4) is 0 Å². The maximum absolute atomic E-state index is 13.6. The molecule has 0 aromatic carbocycles. The van der Waals surface area contributed by atoms with Crippen molar-refractivity contribution < 1.29 is 13.6 Å². The minimum absolute atomic E-state index is 0.00771. The van der Waals surface area contributed by atoms with Gasteiger partial charge in [0.2, 0.25) is 5.91 Å². The monoisotopic (exact) mass is 246 g/mol. The maximum Gasteiger partial charge on any atom is 0.270 e. The minimum atomic E-state index is -2.68. The van der Waals surface area contributed by atoms with E-state index in [1.54, 1.807) is 4.90 Å². The van der Waals surface area contributed by atoms with Crippen molar-refractivity contribution in [2.45, 2.75) is 26.7 Å². The summed E-state index contributed by atoms with van der Waals surface area (Å²) in [6, 6.07) is 0. The lowest BCUT2D eigenvalue weighted by atomic mass is 9.75. The molecule has 2 rings (SSSR count). The molecule has 0 radical (unpaired) electrons. The number of carbonyl (C=O) groups is 1. The molecule has 1 amide bonds. The Balaban J connectivity index is 1.97. The zero-order valence-electron chi connectivity index (χ0n) is 10.6. The second-order valence-corrected chi connectivity index (χ2v) is 5.82. The quantitative estimate of drug-likeness (QED) is 0.797. The lowest BCUT2D eigenvalue weighted by Crippen LogP contribution is -2.66. The van der Waals surface area contributed by atoms with Crippen molar-refractivity contribution in [2.24, 2.45) is 17.3 Å². The first-order valence-corrected chi connectivity index (χ1v) is 6.16. The molecule has 2 aliphatic heterocycles. The topological polar surface area (TPSA) is 32.3 Å². The molecule has 0 aliphatic carbocycles. The predicted molar refractivity (Wildman–Crippen MR) is 60.8 cm³/mol. The second kappa shape index (κ2) is 3.90. The van der Waals surface area contributed by atoms with Gasteiger partial charge in [0, 0.05) is 25.6 Å². The molecule has 2 aliphatic rings. The highest BCUT2D eigenvalue weighted by Crippen LogP contribution is 2.47. The fourth-order valence-electron chi connectivity index (χ4n) is 2.53. The standard InChI is InChI=1S/C12H20F2N2O/c1-8(2)9(3)10(17)16-6-11(7-16)4-15-5-12(11,13)14/h8-9,15H,4-7H2,1-3H3. The summed E-state index contributed by atoms with van der Waals surface area (Å²) in [5.41, 5.74) is -1.00. The normalized spacial score (nSPS) is 27.3. The summed E-state index contributed by atoms with van der Waals surface area (Å²) in [6.45, 7) is 6.27. The Labute approximate surface area is 101 Å². The van der Waals surface area contributed by atoms with Crippen LogP contribution in [0.4, 0.5) is 8.78 Å². The first-order chi connectivity index (χ1) is 7.79. The maximum atomic E-state index is 13.6. The van der Waals surface area contributed by atoms with Gasteiger partial charge in [-0.2, -0.15) is 0 Å². The Hall–Kier alpha value is -0.710. The molecule has 2 fully saturated rings. The number of nitrogens with one attached hydrogen (secondary N) is 1. The lowest BCUT2D eigenvalue weighted by molar-refractivity contribution is -0.177. The molecular formula is C12H20F2N2O. The molecule has 2 heterocycles. The van der Waals surface area contributed by atoms with E-state index in [0.717, 1.165) is 0 Å². The smallest absolute Gasteiger partial charge is 0.270 e. The van der Waals surface area contributed by atoms with E-state index in [0.29, 0.717) is 6.54 Å². The van der Waals surface area contributed by atoms with Crippen LogP contribution in [0.25, 0.3) is 0 Å². The van der Waals surface area contributed by atoms with E-state index in [4.69, 9.17) is 0 Å². The van der Waals surface area contributed by atoms with Gasteiger partial charge < -0.3 is 10.2 Å². The van der Waals surface area contributed by atoms with Gasteiger partial charge in [-0.15, -0.1) is 0 Å². The predicted octanol–water partition coefficient (Wildman–Crippen LogP) is 1.35. The van der Waals surface area contributed by atoms with Crippen molar-refractivity contribution >= 4 is 5.91 Å². The SMILES string of the molecule is CC(C)C(C)C(=O)N1CC2(CNCC2(F)F)C1. The van der Waals surface area contributed by atoms with Crippen molar-refractivity contribution in [3.8, 4) is 0 Å². The van der Waals surface area contributed by atoms with Gasteiger partial charge in [-0.25, -0.2) is 8.78 Å². The number of hydrogen-bond acceptors (Lipinski definition) is 2. The van der Waals surface area contributed by atoms with E-state index in [-0.39, 0.29) is 37.4 Å². The molecule has 2 saturated heterocycles. The first kappa shape index (κ1) is 12.7. The second-order valence-electron chi connectivity index (χ2n) is 5.82. The summed E-state index contributed by atoms with van der Waals surface area (Å²) in [4.78, 5) is 13.6. The lowest BCUT2D eigenvalue weighted by Gasteiger charge is -2.51. The highest BCUT2D eigenvalue weighted by Gasteiger charge is 2.64. The molecule has 1 N–H and O–H groups in total. The van der Waals surface area contributed by atoms with Gasteiger partial charge in [-0.05, 0) is 5.92 Å². The Morgan fingerprint density at radius 2 is 1.82 bits per heavy atom. The summed E-state index contributed by atoms with van der Waals surface area (Å²) < 4.78 is 27.3. The summed E-state index contributed by atoms with van der Waals surface area (Å²) in [6.07, 6.45) is 0. The van der Waals surface area contributed by atoms with Crippen molar-refractivity contribution in [1.82, 2.24) is 10.2 Å². The van der Waals surface area contributed by atoms with Crippen LogP contribution >= 0.6 is 0 Å². The van der Waals surface area contributed by atoms with Gasteiger partial charge >= 0.3 is 0 Å². The van der Waals surface area contributed by atoms with E-state index in [1.165, 1.54) is 0 Å². The summed E-state index contributed by atoms with van der Waals surface area (Å²) in [7, 11) is 0. The van der Waals surface area contributed by atoms with Gasteiger partial charge in [0.25, 0.3) is 5.92 Å². The fraction of sp³-hybridized carbons (Fsp3) is 0.917. The molecule has 3 nitrogen and oxygen atoms in total. The minimum Gasteiger partial charge on any atom is -0.341 e. The van der Waals surface area contributed by atoms with Crippen LogP contribution < -0.4 is 5.32 Å². The van der Waals surface area contributed by atoms with Crippen LogP contribution in [-0.4, -0.2) is 42.9 Å². The molecule has 0 saturated carbocycles. The van der Waals surface area contributed by atoms with Crippen LogP contribution in [0.15, 0.2) is 0 Å². The average molecular weight is 246 g/mol. The van der Waals surface area contributed by atoms with E-state index < -0.39 is 11.3 Å². The molecule has 1 atom stereocenters. The zero-order chi connectivity index (χ0) is 12.8. The highest BCUT2D eigenvalue weighted by atomic mass is 19.3. The van der Waals surface area contributed by atoms with Crippen LogP contribution in [0.5, 0.6) is 0 Å². The third-order valence-electron chi connectivity index (χ3n) is 4.27. The fourth-order valence-corrected chi connectivity index (χ4v) is 2.53. The third kappa shape index (κ3) is 1.84. The Morgan fingerprint density at radius 3 is 2.24 bits per heavy atom. The first-order valence-electron chi connectivity index (χ1n) is 6.16. The molecule has 0 bridgehead atoms. The van der Waals surface area contributed by atoms with Gasteiger partial charge in [0.05, 0.1) is 12.0 Å². The number of rotatable bonds is 2. The van der Waals surface area contributed by atoms with Crippen LogP contribution in [0, 0.1) is 17.3 Å². The van der Waals surface area contributed by atoms with E-state index >= 15 is 0 Å². The van der Waals surface area contributed by atoms with E-state index in [2.05, 4.69) is 5.32 Å². The molecule has 1 spiro atoms. The van der Waals surface area contributed by atoms with Gasteiger partial charge in [-0.3, -0.25) is 4.79 Å². The summed E-state index contributed by atoms with van der Waals surface area (Å²) >= 11 is 0.